The summed E-state index contributed by atoms with van der Waals surface area (Å²) >= 11 is 0. The van der Waals surface area contributed by atoms with Crippen molar-refractivity contribution in [1.29, 1.82) is 0 Å². The molecular formula is C10H21O3P. The van der Waals surface area contributed by atoms with Crippen LogP contribution >= 0.6 is 8.60 Å². The minimum atomic E-state index is -1.08. The summed E-state index contributed by atoms with van der Waals surface area (Å²) in [5, 5.41) is 0. The van der Waals surface area contributed by atoms with Crippen LogP contribution in [0.15, 0.2) is 0 Å². The first-order chi connectivity index (χ1) is 6.57. The molecule has 14 heavy (non-hydrogen) atoms. The van der Waals surface area contributed by atoms with Gasteiger partial charge in [0.2, 0.25) is 0 Å². The molecule has 1 rings (SSSR count). The number of hydrogen-bond donors (Lipinski definition) is 0. The zero-order chi connectivity index (χ0) is 10.6. The molecule has 0 N–H and O–H groups in total. The van der Waals surface area contributed by atoms with Crippen LogP contribution in [0.25, 0.3) is 0 Å². The molecule has 0 saturated carbocycles. The van der Waals surface area contributed by atoms with Crippen LogP contribution in [0.5, 0.6) is 0 Å². The van der Waals surface area contributed by atoms with E-state index in [1.165, 1.54) is 0 Å². The van der Waals surface area contributed by atoms with Crippen LogP contribution in [-0.2, 0) is 13.6 Å². The highest BCUT2D eigenvalue weighted by Crippen LogP contribution is 2.48. The monoisotopic (exact) mass is 220 g/mol. The van der Waals surface area contributed by atoms with Crippen LogP contribution in [0.4, 0.5) is 0 Å². The summed E-state index contributed by atoms with van der Waals surface area (Å²) in [7, 11) is -1.08. The van der Waals surface area contributed by atoms with E-state index in [1.54, 1.807) is 0 Å². The molecule has 0 atom stereocenters. The lowest BCUT2D eigenvalue weighted by Crippen LogP contribution is -2.29. The van der Waals surface area contributed by atoms with Gasteiger partial charge in [0.15, 0.2) is 0 Å². The summed E-state index contributed by atoms with van der Waals surface area (Å²) in [6.45, 7) is 9.99. The summed E-state index contributed by atoms with van der Waals surface area (Å²) in [6, 6.07) is 0. The zero-order valence-electron chi connectivity index (χ0n) is 9.58. The molecule has 4 heteroatoms. The lowest BCUT2D eigenvalue weighted by Gasteiger charge is -2.33. The Balaban J connectivity index is 2.28. The average Bonchev–Trinajstić information content (AvgIpc) is 2.16. The third-order valence-corrected chi connectivity index (χ3v) is 3.42. The third-order valence-electron chi connectivity index (χ3n) is 2.27. The molecule has 0 radical (unpaired) electrons. The van der Waals surface area contributed by atoms with Crippen molar-refractivity contribution >= 4 is 8.60 Å². The minimum Gasteiger partial charge on any atom is -0.312 e. The Morgan fingerprint density at radius 3 is 2.14 bits per heavy atom. The van der Waals surface area contributed by atoms with Gasteiger partial charge in [-0.1, -0.05) is 27.7 Å². The maximum absolute atomic E-state index is 5.70. The molecule has 0 unspecified atom stereocenters. The first-order valence-electron chi connectivity index (χ1n) is 5.30. The fourth-order valence-corrected chi connectivity index (χ4v) is 2.80. The van der Waals surface area contributed by atoms with Crippen LogP contribution in [0.2, 0.25) is 0 Å². The van der Waals surface area contributed by atoms with Gasteiger partial charge in [-0.15, -0.1) is 0 Å². The molecule has 1 aliphatic heterocycles. The standard InChI is InChI=1S/C10H21O3P/c1-5-9(6-2)13-14-11-7-10(3,4)8-12-14/h9H,5-8H2,1-4H3. The fourth-order valence-electron chi connectivity index (χ4n) is 1.15. The number of hydrogen-bond acceptors (Lipinski definition) is 3. The molecule has 0 aromatic rings. The van der Waals surface area contributed by atoms with Gasteiger partial charge in [0.1, 0.15) is 0 Å². The molecule has 1 heterocycles. The first-order valence-corrected chi connectivity index (χ1v) is 6.39. The van der Waals surface area contributed by atoms with Crippen molar-refractivity contribution in [3.63, 3.8) is 0 Å². The van der Waals surface area contributed by atoms with Crippen LogP contribution in [0.3, 0.4) is 0 Å². The Morgan fingerprint density at radius 1 is 1.21 bits per heavy atom. The number of rotatable bonds is 4. The smallest absolute Gasteiger partial charge is 0.312 e. The summed E-state index contributed by atoms with van der Waals surface area (Å²) < 4.78 is 16.8. The molecule has 1 fully saturated rings. The molecule has 0 aromatic carbocycles. The molecular weight excluding hydrogens is 199 g/mol. The van der Waals surface area contributed by atoms with Gasteiger partial charge >= 0.3 is 8.60 Å². The zero-order valence-corrected chi connectivity index (χ0v) is 10.5. The van der Waals surface area contributed by atoms with Gasteiger partial charge in [0.05, 0.1) is 19.3 Å². The van der Waals surface area contributed by atoms with Crippen LogP contribution in [-0.4, -0.2) is 19.3 Å². The van der Waals surface area contributed by atoms with Crippen molar-refractivity contribution in [3.8, 4) is 0 Å². The fraction of sp³-hybridized carbons (Fsp3) is 1.00. The predicted octanol–water partition coefficient (Wildman–Crippen LogP) is 3.49. The maximum Gasteiger partial charge on any atom is 0.332 e. The average molecular weight is 220 g/mol. The van der Waals surface area contributed by atoms with E-state index >= 15 is 0 Å². The maximum atomic E-state index is 5.70. The minimum absolute atomic E-state index is 0.135. The molecule has 0 bridgehead atoms. The second-order valence-corrected chi connectivity index (χ2v) is 5.65. The summed E-state index contributed by atoms with van der Waals surface area (Å²) in [5.41, 5.74) is 0.135. The Hall–Kier alpha value is 0.310. The van der Waals surface area contributed by atoms with E-state index in [-0.39, 0.29) is 11.5 Å². The van der Waals surface area contributed by atoms with Crippen molar-refractivity contribution in [3.05, 3.63) is 0 Å². The first kappa shape index (κ1) is 12.4. The quantitative estimate of drug-likeness (QED) is 0.679. The van der Waals surface area contributed by atoms with Crippen molar-refractivity contribution < 1.29 is 13.6 Å². The third kappa shape index (κ3) is 3.82. The van der Waals surface area contributed by atoms with E-state index in [0.29, 0.717) is 0 Å². The topological polar surface area (TPSA) is 27.7 Å². The predicted molar refractivity (Wildman–Crippen MR) is 58.1 cm³/mol. The van der Waals surface area contributed by atoms with Gasteiger partial charge in [0.25, 0.3) is 0 Å². The lowest BCUT2D eigenvalue weighted by atomic mass is 9.97. The Morgan fingerprint density at radius 2 is 1.71 bits per heavy atom. The molecule has 1 saturated heterocycles. The summed E-state index contributed by atoms with van der Waals surface area (Å²) in [5.74, 6) is 0. The highest BCUT2D eigenvalue weighted by Gasteiger charge is 2.31. The van der Waals surface area contributed by atoms with Crippen molar-refractivity contribution in [2.24, 2.45) is 5.41 Å². The van der Waals surface area contributed by atoms with Gasteiger partial charge in [-0.3, -0.25) is 0 Å². The molecule has 0 spiro atoms. The Labute approximate surface area is 88.1 Å². The lowest BCUT2D eigenvalue weighted by molar-refractivity contribution is 0.0143. The second-order valence-electron chi connectivity index (χ2n) is 4.48. The van der Waals surface area contributed by atoms with Gasteiger partial charge in [0, 0.05) is 5.41 Å². The van der Waals surface area contributed by atoms with E-state index in [1.807, 2.05) is 0 Å². The summed E-state index contributed by atoms with van der Waals surface area (Å²) in [4.78, 5) is 0. The van der Waals surface area contributed by atoms with E-state index in [0.717, 1.165) is 26.1 Å². The normalized spacial score (nSPS) is 22.9. The van der Waals surface area contributed by atoms with Crippen molar-refractivity contribution in [2.75, 3.05) is 13.2 Å². The summed E-state index contributed by atoms with van der Waals surface area (Å²) in [6.07, 6.45) is 2.32. The van der Waals surface area contributed by atoms with Gasteiger partial charge < -0.3 is 13.6 Å². The van der Waals surface area contributed by atoms with E-state index in [4.69, 9.17) is 13.6 Å². The van der Waals surface area contributed by atoms with Crippen molar-refractivity contribution in [1.82, 2.24) is 0 Å². The second kappa shape index (κ2) is 5.41. The van der Waals surface area contributed by atoms with Gasteiger partial charge in [-0.05, 0) is 12.8 Å². The molecule has 0 aliphatic carbocycles. The molecule has 0 amide bonds. The SMILES string of the molecule is CCC(CC)OP1OCC(C)(C)CO1. The molecule has 1 aliphatic rings. The molecule has 0 aromatic heterocycles. The Bertz CT molecular complexity index is 159. The van der Waals surface area contributed by atoms with Crippen LogP contribution in [0, 0.1) is 5.41 Å². The van der Waals surface area contributed by atoms with E-state index in [9.17, 15) is 0 Å². The Kier molecular flexibility index (Phi) is 4.78. The molecule has 84 valence electrons. The van der Waals surface area contributed by atoms with E-state index < -0.39 is 8.60 Å². The molecule has 3 nitrogen and oxygen atoms in total. The highest BCUT2D eigenvalue weighted by atomic mass is 31.2. The largest absolute Gasteiger partial charge is 0.332 e. The van der Waals surface area contributed by atoms with Crippen LogP contribution in [0.1, 0.15) is 40.5 Å². The highest BCUT2D eigenvalue weighted by molar-refractivity contribution is 7.41. The van der Waals surface area contributed by atoms with Gasteiger partial charge in [-0.2, -0.15) is 0 Å². The van der Waals surface area contributed by atoms with E-state index in [2.05, 4.69) is 27.7 Å². The van der Waals surface area contributed by atoms with Gasteiger partial charge in [-0.25, -0.2) is 0 Å². The van der Waals surface area contributed by atoms with Crippen molar-refractivity contribution in [2.45, 2.75) is 46.6 Å². The van der Waals surface area contributed by atoms with Crippen LogP contribution < -0.4 is 0 Å².